The second-order valence-corrected chi connectivity index (χ2v) is 5.70. The predicted molar refractivity (Wildman–Crippen MR) is 103 cm³/mol. The SMILES string of the molecule is C=Cc1cc(C(=C)CCC(=C)c2ncccc2Cl)ccc1NC. The summed E-state index contributed by atoms with van der Waals surface area (Å²) < 4.78 is 0. The van der Waals surface area contributed by atoms with Crippen LogP contribution < -0.4 is 5.32 Å². The van der Waals surface area contributed by atoms with E-state index in [1.807, 2.05) is 31.3 Å². The minimum Gasteiger partial charge on any atom is -0.388 e. The van der Waals surface area contributed by atoms with Crippen molar-refractivity contribution in [1.29, 1.82) is 0 Å². The monoisotopic (exact) mass is 324 g/mol. The van der Waals surface area contributed by atoms with Gasteiger partial charge in [0.2, 0.25) is 0 Å². The van der Waals surface area contributed by atoms with Gasteiger partial charge >= 0.3 is 0 Å². The topological polar surface area (TPSA) is 24.9 Å². The molecule has 2 nitrogen and oxygen atoms in total. The molecule has 0 saturated carbocycles. The molecule has 0 radical (unpaired) electrons. The maximum Gasteiger partial charge on any atom is 0.0841 e. The van der Waals surface area contributed by atoms with Gasteiger partial charge < -0.3 is 5.32 Å². The summed E-state index contributed by atoms with van der Waals surface area (Å²) in [6.07, 6.45) is 5.15. The number of rotatable bonds is 7. The Morgan fingerprint density at radius 2 is 1.96 bits per heavy atom. The molecule has 0 spiro atoms. The van der Waals surface area contributed by atoms with Gasteiger partial charge in [0.15, 0.2) is 0 Å². The van der Waals surface area contributed by atoms with Crippen molar-refractivity contribution >= 4 is 34.5 Å². The normalized spacial score (nSPS) is 10.2. The van der Waals surface area contributed by atoms with Gasteiger partial charge in [-0.25, -0.2) is 0 Å². The molecule has 23 heavy (non-hydrogen) atoms. The third-order valence-electron chi connectivity index (χ3n) is 3.77. The molecule has 1 heterocycles. The maximum atomic E-state index is 6.16. The first-order chi connectivity index (χ1) is 11.1. The van der Waals surface area contributed by atoms with Gasteiger partial charge in [0.05, 0.1) is 10.7 Å². The Kier molecular flexibility index (Phi) is 5.78. The molecular weight excluding hydrogens is 304 g/mol. The quantitative estimate of drug-likeness (QED) is 0.683. The van der Waals surface area contributed by atoms with Crippen molar-refractivity contribution in [3.8, 4) is 0 Å². The molecule has 0 unspecified atom stereocenters. The Morgan fingerprint density at radius 3 is 2.61 bits per heavy atom. The molecule has 0 bridgehead atoms. The Balaban J connectivity index is 2.07. The van der Waals surface area contributed by atoms with Crippen molar-refractivity contribution in [2.75, 3.05) is 12.4 Å². The van der Waals surface area contributed by atoms with Crippen LogP contribution in [0.4, 0.5) is 5.69 Å². The van der Waals surface area contributed by atoms with Crippen LogP contribution in [0.2, 0.25) is 5.02 Å². The maximum absolute atomic E-state index is 6.16. The molecule has 0 aliphatic rings. The van der Waals surface area contributed by atoms with Crippen molar-refractivity contribution in [1.82, 2.24) is 4.98 Å². The van der Waals surface area contributed by atoms with Gasteiger partial charge in [-0.2, -0.15) is 0 Å². The van der Waals surface area contributed by atoms with E-state index in [1.54, 1.807) is 6.20 Å². The number of hydrogen-bond donors (Lipinski definition) is 1. The van der Waals surface area contributed by atoms with Crippen molar-refractivity contribution in [2.45, 2.75) is 12.8 Å². The van der Waals surface area contributed by atoms with E-state index in [1.165, 1.54) is 0 Å². The molecule has 1 aromatic carbocycles. The summed E-state index contributed by atoms with van der Waals surface area (Å²) in [6, 6.07) is 9.85. The summed E-state index contributed by atoms with van der Waals surface area (Å²) in [5, 5.41) is 3.79. The number of anilines is 1. The molecule has 0 aliphatic heterocycles. The zero-order chi connectivity index (χ0) is 16.8. The van der Waals surface area contributed by atoms with E-state index in [0.717, 1.165) is 46.5 Å². The first kappa shape index (κ1) is 17.0. The molecule has 2 aromatic rings. The van der Waals surface area contributed by atoms with Crippen LogP contribution in [0.3, 0.4) is 0 Å². The van der Waals surface area contributed by atoms with Gasteiger partial charge in [-0.05, 0) is 59.4 Å². The van der Waals surface area contributed by atoms with E-state index in [-0.39, 0.29) is 0 Å². The predicted octanol–water partition coefficient (Wildman–Crippen LogP) is 5.93. The summed E-state index contributed by atoms with van der Waals surface area (Å²) in [5.41, 5.74) is 5.98. The summed E-state index contributed by atoms with van der Waals surface area (Å²) in [7, 11) is 1.90. The third kappa shape index (κ3) is 4.11. The first-order valence-electron chi connectivity index (χ1n) is 7.48. The molecule has 0 atom stereocenters. The first-order valence-corrected chi connectivity index (χ1v) is 7.85. The van der Waals surface area contributed by atoms with Crippen molar-refractivity contribution in [3.05, 3.63) is 78.1 Å². The zero-order valence-electron chi connectivity index (χ0n) is 13.4. The average molecular weight is 325 g/mol. The van der Waals surface area contributed by atoms with Crippen LogP contribution in [-0.2, 0) is 0 Å². The lowest BCUT2D eigenvalue weighted by atomic mass is 9.97. The number of aromatic nitrogens is 1. The van der Waals surface area contributed by atoms with Gasteiger partial charge in [-0.15, -0.1) is 0 Å². The number of allylic oxidation sites excluding steroid dienone is 2. The molecule has 1 aromatic heterocycles. The van der Waals surface area contributed by atoms with Crippen LogP contribution >= 0.6 is 11.6 Å². The van der Waals surface area contributed by atoms with E-state index >= 15 is 0 Å². The van der Waals surface area contributed by atoms with E-state index in [2.05, 4.69) is 42.2 Å². The van der Waals surface area contributed by atoms with Gasteiger partial charge in [-0.3, -0.25) is 4.98 Å². The highest BCUT2D eigenvalue weighted by Crippen LogP contribution is 2.29. The second kappa shape index (κ2) is 7.80. The molecule has 0 amide bonds. The standard InChI is InChI=1S/C20H21ClN2/c1-5-16-13-17(10-11-19(16)22-4)14(2)8-9-15(3)20-18(21)7-6-12-23-20/h5-7,10-13,22H,1-3,8-9H2,4H3. The number of benzene rings is 1. The Labute approximate surface area is 143 Å². The lowest BCUT2D eigenvalue weighted by Gasteiger charge is -2.12. The molecule has 0 fully saturated rings. The van der Waals surface area contributed by atoms with Crippen LogP contribution in [0, 0.1) is 0 Å². The van der Waals surface area contributed by atoms with Crippen LogP contribution in [0.1, 0.15) is 29.7 Å². The molecular formula is C20H21ClN2. The Morgan fingerprint density at radius 1 is 1.22 bits per heavy atom. The summed E-state index contributed by atoms with van der Waals surface area (Å²) in [5.74, 6) is 0. The largest absolute Gasteiger partial charge is 0.388 e. The minimum atomic E-state index is 0.635. The van der Waals surface area contributed by atoms with E-state index < -0.39 is 0 Å². The molecule has 0 aliphatic carbocycles. The molecule has 118 valence electrons. The Hall–Kier alpha value is -2.32. The summed E-state index contributed by atoms with van der Waals surface area (Å²) >= 11 is 6.16. The van der Waals surface area contributed by atoms with Gasteiger partial charge in [0, 0.05) is 18.9 Å². The van der Waals surface area contributed by atoms with E-state index in [9.17, 15) is 0 Å². The van der Waals surface area contributed by atoms with Crippen LogP contribution in [0.25, 0.3) is 17.2 Å². The molecule has 0 saturated heterocycles. The third-order valence-corrected chi connectivity index (χ3v) is 4.08. The fourth-order valence-corrected chi connectivity index (χ4v) is 2.64. The molecule has 1 N–H and O–H groups in total. The molecule has 3 heteroatoms. The summed E-state index contributed by atoms with van der Waals surface area (Å²) in [6.45, 7) is 12.1. The van der Waals surface area contributed by atoms with E-state index in [4.69, 9.17) is 11.6 Å². The van der Waals surface area contributed by atoms with Crippen molar-refractivity contribution < 1.29 is 0 Å². The van der Waals surface area contributed by atoms with Crippen molar-refractivity contribution in [3.63, 3.8) is 0 Å². The average Bonchev–Trinajstić information content (AvgIpc) is 2.59. The molecule has 2 rings (SSSR count). The van der Waals surface area contributed by atoms with Crippen molar-refractivity contribution in [2.24, 2.45) is 0 Å². The fourth-order valence-electron chi connectivity index (χ4n) is 2.39. The van der Waals surface area contributed by atoms with Crippen LogP contribution in [-0.4, -0.2) is 12.0 Å². The number of pyridine rings is 1. The highest BCUT2D eigenvalue weighted by Gasteiger charge is 2.08. The number of nitrogens with zero attached hydrogens (tertiary/aromatic N) is 1. The second-order valence-electron chi connectivity index (χ2n) is 5.30. The number of halogens is 1. The van der Waals surface area contributed by atoms with Crippen LogP contribution in [0.5, 0.6) is 0 Å². The van der Waals surface area contributed by atoms with E-state index in [0.29, 0.717) is 5.02 Å². The van der Waals surface area contributed by atoms with Gasteiger partial charge in [0.1, 0.15) is 0 Å². The zero-order valence-corrected chi connectivity index (χ0v) is 14.2. The lowest BCUT2D eigenvalue weighted by molar-refractivity contribution is 1.07. The number of nitrogens with one attached hydrogen (secondary N) is 1. The van der Waals surface area contributed by atoms with Gasteiger partial charge in [0.25, 0.3) is 0 Å². The van der Waals surface area contributed by atoms with Crippen LogP contribution in [0.15, 0.2) is 56.3 Å². The highest BCUT2D eigenvalue weighted by atomic mass is 35.5. The smallest absolute Gasteiger partial charge is 0.0841 e. The minimum absolute atomic E-state index is 0.635. The summed E-state index contributed by atoms with van der Waals surface area (Å²) in [4.78, 5) is 4.30. The lowest BCUT2D eigenvalue weighted by Crippen LogP contribution is -1.94. The van der Waals surface area contributed by atoms with Gasteiger partial charge in [-0.1, -0.05) is 43.5 Å². The Bertz CT molecular complexity index is 747. The number of hydrogen-bond acceptors (Lipinski definition) is 2. The fraction of sp³-hybridized carbons (Fsp3) is 0.150. The highest BCUT2D eigenvalue weighted by molar-refractivity contribution is 6.32.